The van der Waals surface area contributed by atoms with E-state index in [0.717, 1.165) is 27.7 Å². The first-order chi connectivity index (χ1) is 13.9. The standard InChI is InChI=1S/C24H26FNO3/c1-16(2)26-22-6-4-3-5-21(22)24(17-7-9-18(25)10-8-17)23(26)12-11-19(28)15-20(29)13-14-27/h3-12,14,16,19-20,28-29H,13,15H2,1-2H3/b12-11+/t19-,20+/m1/s1. The fraction of sp³-hybridized carbons (Fsp3) is 0.292. The van der Waals surface area contributed by atoms with Gasteiger partial charge in [0.2, 0.25) is 0 Å². The number of carbonyl (C=O) groups excluding carboxylic acids is 1. The van der Waals surface area contributed by atoms with Gasteiger partial charge in [0, 0.05) is 41.0 Å². The van der Waals surface area contributed by atoms with Crippen molar-refractivity contribution in [1.29, 1.82) is 0 Å². The predicted molar refractivity (Wildman–Crippen MR) is 114 cm³/mol. The number of benzene rings is 2. The summed E-state index contributed by atoms with van der Waals surface area (Å²) < 4.78 is 15.7. The van der Waals surface area contributed by atoms with E-state index in [9.17, 15) is 19.4 Å². The Hall–Kier alpha value is -2.76. The highest BCUT2D eigenvalue weighted by Gasteiger charge is 2.19. The lowest BCUT2D eigenvalue weighted by molar-refractivity contribution is -0.109. The van der Waals surface area contributed by atoms with Crippen LogP contribution in [0, 0.1) is 5.82 Å². The van der Waals surface area contributed by atoms with Gasteiger partial charge in [-0.2, -0.15) is 0 Å². The van der Waals surface area contributed by atoms with Crippen LogP contribution < -0.4 is 0 Å². The molecule has 1 heterocycles. The van der Waals surface area contributed by atoms with Crippen LogP contribution in [0.3, 0.4) is 0 Å². The van der Waals surface area contributed by atoms with Crippen LogP contribution in [0.4, 0.5) is 4.39 Å². The molecule has 3 rings (SSSR count). The van der Waals surface area contributed by atoms with Crippen molar-refractivity contribution in [2.75, 3.05) is 0 Å². The summed E-state index contributed by atoms with van der Waals surface area (Å²) in [6, 6.07) is 14.6. The monoisotopic (exact) mass is 395 g/mol. The molecule has 0 bridgehead atoms. The van der Waals surface area contributed by atoms with Gasteiger partial charge in [0.05, 0.1) is 12.2 Å². The smallest absolute Gasteiger partial charge is 0.123 e. The topological polar surface area (TPSA) is 62.5 Å². The number of aldehydes is 1. The number of para-hydroxylation sites is 1. The molecule has 1 aromatic heterocycles. The molecule has 152 valence electrons. The van der Waals surface area contributed by atoms with E-state index in [-0.39, 0.29) is 24.7 Å². The Morgan fingerprint density at radius 2 is 1.76 bits per heavy atom. The first-order valence-electron chi connectivity index (χ1n) is 9.79. The van der Waals surface area contributed by atoms with Crippen molar-refractivity contribution < 1.29 is 19.4 Å². The number of nitrogens with zero attached hydrogens (tertiary/aromatic N) is 1. The number of hydrogen-bond acceptors (Lipinski definition) is 3. The zero-order chi connectivity index (χ0) is 21.0. The van der Waals surface area contributed by atoms with Gasteiger partial charge in [-0.15, -0.1) is 0 Å². The van der Waals surface area contributed by atoms with Crippen LogP contribution >= 0.6 is 0 Å². The van der Waals surface area contributed by atoms with Gasteiger partial charge in [-0.3, -0.25) is 0 Å². The Morgan fingerprint density at radius 1 is 1.07 bits per heavy atom. The molecule has 0 radical (unpaired) electrons. The number of hydrogen-bond donors (Lipinski definition) is 2. The largest absolute Gasteiger partial charge is 0.393 e. The third-order valence-electron chi connectivity index (χ3n) is 4.96. The van der Waals surface area contributed by atoms with Crippen molar-refractivity contribution in [3.8, 4) is 11.1 Å². The maximum absolute atomic E-state index is 13.5. The van der Waals surface area contributed by atoms with Gasteiger partial charge in [-0.25, -0.2) is 4.39 Å². The average molecular weight is 395 g/mol. The van der Waals surface area contributed by atoms with E-state index in [2.05, 4.69) is 18.4 Å². The fourth-order valence-corrected chi connectivity index (χ4v) is 3.69. The molecule has 2 N–H and O–H groups in total. The molecule has 0 aliphatic heterocycles. The normalized spacial score (nSPS) is 14.0. The zero-order valence-electron chi connectivity index (χ0n) is 16.6. The average Bonchev–Trinajstić information content (AvgIpc) is 3.01. The van der Waals surface area contributed by atoms with Crippen molar-refractivity contribution in [3.05, 3.63) is 66.1 Å². The number of fused-ring (bicyclic) bond motifs is 1. The van der Waals surface area contributed by atoms with Crippen molar-refractivity contribution in [1.82, 2.24) is 4.57 Å². The maximum atomic E-state index is 13.5. The first-order valence-corrected chi connectivity index (χ1v) is 9.79. The lowest BCUT2D eigenvalue weighted by Crippen LogP contribution is -2.16. The lowest BCUT2D eigenvalue weighted by atomic mass is 10.0. The Labute approximate surface area is 169 Å². The highest BCUT2D eigenvalue weighted by Crippen LogP contribution is 2.38. The van der Waals surface area contributed by atoms with Crippen LogP contribution in [-0.2, 0) is 4.79 Å². The number of rotatable bonds is 8. The minimum absolute atomic E-state index is 0.00200. The summed E-state index contributed by atoms with van der Waals surface area (Å²) in [4.78, 5) is 10.5. The summed E-state index contributed by atoms with van der Waals surface area (Å²) in [5.74, 6) is -0.293. The Morgan fingerprint density at radius 3 is 2.41 bits per heavy atom. The van der Waals surface area contributed by atoms with E-state index < -0.39 is 12.2 Å². The molecule has 0 saturated heterocycles. The molecule has 0 aliphatic carbocycles. The molecule has 2 atom stereocenters. The SMILES string of the molecule is CC(C)n1c(/C=C/[C@@H](O)C[C@@H](O)CC=O)c(-c2ccc(F)cc2)c2ccccc21. The van der Waals surface area contributed by atoms with Gasteiger partial charge in [0.15, 0.2) is 0 Å². The molecular weight excluding hydrogens is 369 g/mol. The maximum Gasteiger partial charge on any atom is 0.123 e. The molecule has 0 saturated carbocycles. The second-order valence-electron chi connectivity index (χ2n) is 7.47. The minimum Gasteiger partial charge on any atom is -0.393 e. The third-order valence-corrected chi connectivity index (χ3v) is 4.96. The van der Waals surface area contributed by atoms with E-state index in [1.165, 1.54) is 12.1 Å². The quantitative estimate of drug-likeness (QED) is 0.542. The summed E-state index contributed by atoms with van der Waals surface area (Å²) in [7, 11) is 0. The molecule has 0 aliphatic rings. The van der Waals surface area contributed by atoms with Gasteiger partial charge in [0.1, 0.15) is 12.1 Å². The zero-order valence-corrected chi connectivity index (χ0v) is 16.6. The summed E-state index contributed by atoms with van der Waals surface area (Å²) in [6.07, 6.45) is 2.44. The Bertz CT molecular complexity index is 1000. The second kappa shape index (κ2) is 9.16. The van der Waals surface area contributed by atoms with E-state index in [0.29, 0.717) is 6.29 Å². The Balaban J connectivity index is 2.12. The van der Waals surface area contributed by atoms with E-state index >= 15 is 0 Å². The number of aliphatic hydroxyl groups excluding tert-OH is 2. The van der Waals surface area contributed by atoms with Crippen LogP contribution in [-0.4, -0.2) is 33.3 Å². The number of aliphatic hydroxyl groups is 2. The second-order valence-corrected chi connectivity index (χ2v) is 7.47. The van der Waals surface area contributed by atoms with Crippen molar-refractivity contribution >= 4 is 23.3 Å². The van der Waals surface area contributed by atoms with Gasteiger partial charge in [-0.1, -0.05) is 36.4 Å². The van der Waals surface area contributed by atoms with Crippen LogP contribution in [0.15, 0.2) is 54.6 Å². The summed E-state index contributed by atoms with van der Waals surface area (Å²) in [5.41, 5.74) is 3.80. The number of halogens is 1. The highest BCUT2D eigenvalue weighted by atomic mass is 19.1. The van der Waals surface area contributed by atoms with E-state index in [1.54, 1.807) is 18.2 Å². The molecular formula is C24H26FNO3. The van der Waals surface area contributed by atoms with Crippen molar-refractivity contribution in [2.45, 2.75) is 44.9 Å². The highest BCUT2D eigenvalue weighted by molar-refractivity contribution is 6.01. The van der Waals surface area contributed by atoms with Crippen LogP contribution in [0.25, 0.3) is 28.1 Å². The predicted octanol–water partition coefficient (Wildman–Crippen LogP) is 4.74. The van der Waals surface area contributed by atoms with Gasteiger partial charge < -0.3 is 19.6 Å². The van der Waals surface area contributed by atoms with Crippen LogP contribution in [0.2, 0.25) is 0 Å². The van der Waals surface area contributed by atoms with E-state index in [4.69, 9.17) is 0 Å². The van der Waals surface area contributed by atoms with Crippen LogP contribution in [0.5, 0.6) is 0 Å². The molecule has 0 amide bonds. The van der Waals surface area contributed by atoms with E-state index in [1.807, 2.05) is 30.3 Å². The minimum atomic E-state index is -0.885. The third kappa shape index (κ3) is 4.63. The fourth-order valence-electron chi connectivity index (χ4n) is 3.69. The number of carbonyl (C=O) groups is 1. The van der Waals surface area contributed by atoms with Crippen LogP contribution in [0.1, 0.15) is 38.4 Å². The summed E-state index contributed by atoms with van der Waals surface area (Å²) in [5, 5.41) is 21.1. The van der Waals surface area contributed by atoms with Gasteiger partial charge in [-0.05, 0) is 43.7 Å². The molecule has 29 heavy (non-hydrogen) atoms. The summed E-state index contributed by atoms with van der Waals surface area (Å²) in [6.45, 7) is 4.17. The van der Waals surface area contributed by atoms with Crippen molar-refractivity contribution in [2.24, 2.45) is 0 Å². The molecule has 3 aromatic rings. The first kappa shape index (κ1) is 21.0. The molecule has 4 nitrogen and oxygen atoms in total. The molecule has 5 heteroatoms. The molecule has 0 unspecified atom stereocenters. The van der Waals surface area contributed by atoms with Gasteiger partial charge in [0.25, 0.3) is 0 Å². The molecule has 2 aromatic carbocycles. The molecule has 0 spiro atoms. The van der Waals surface area contributed by atoms with Crippen molar-refractivity contribution in [3.63, 3.8) is 0 Å². The molecule has 0 fully saturated rings. The lowest BCUT2D eigenvalue weighted by Gasteiger charge is -2.15. The summed E-state index contributed by atoms with van der Waals surface area (Å²) >= 11 is 0. The number of aromatic nitrogens is 1. The van der Waals surface area contributed by atoms with Gasteiger partial charge >= 0.3 is 0 Å². The Kier molecular flexibility index (Phi) is 6.62.